The molecule has 2 fully saturated rings. The van der Waals surface area contributed by atoms with Crippen molar-refractivity contribution in [3.8, 4) is 0 Å². The highest BCUT2D eigenvalue weighted by Crippen LogP contribution is 2.21. The molecule has 0 aromatic rings. The third-order valence-electron chi connectivity index (χ3n) is 3.42. The molecule has 7 nitrogen and oxygen atoms in total. The van der Waals surface area contributed by atoms with Gasteiger partial charge in [0.05, 0.1) is 12.1 Å². The number of rotatable bonds is 2. The molecule has 2 aliphatic rings. The molecule has 0 aromatic carbocycles. The molecule has 0 spiro atoms. The van der Waals surface area contributed by atoms with Crippen molar-refractivity contribution in [2.75, 3.05) is 26.2 Å². The Morgan fingerprint density at radius 3 is 2.50 bits per heavy atom. The van der Waals surface area contributed by atoms with Gasteiger partial charge in [0.15, 0.2) is 0 Å². The van der Waals surface area contributed by atoms with Crippen LogP contribution in [0.4, 0.5) is 4.79 Å². The van der Waals surface area contributed by atoms with E-state index in [1.807, 2.05) is 0 Å². The lowest BCUT2D eigenvalue weighted by molar-refractivity contribution is -0.139. The van der Waals surface area contributed by atoms with Crippen molar-refractivity contribution in [3.05, 3.63) is 0 Å². The van der Waals surface area contributed by atoms with Gasteiger partial charge >= 0.3 is 6.03 Å². The zero-order chi connectivity index (χ0) is 13.3. The largest absolute Gasteiger partial charge is 0.390 e. The van der Waals surface area contributed by atoms with Crippen molar-refractivity contribution in [2.45, 2.75) is 25.4 Å². The maximum Gasteiger partial charge on any atom is 0.325 e. The van der Waals surface area contributed by atoms with Gasteiger partial charge in [0.1, 0.15) is 6.54 Å². The first kappa shape index (κ1) is 12.8. The predicted molar refractivity (Wildman–Crippen MR) is 61.5 cm³/mol. The number of amides is 4. The summed E-state index contributed by atoms with van der Waals surface area (Å²) in [6.45, 7) is 2.39. The van der Waals surface area contributed by atoms with Gasteiger partial charge in [-0.2, -0.15) is 0 Å². The first-order valence-corrected chi connectivity index (χ1v) is 5.97. The number of carbonyl (C=O) groups excluding carboxylic acids is 3. The lowest BCUT2D eigenvalue weighted by Gasteiger charge is -2.36. The van der Waals surface area contributed by atoms with Gasteiger partial charge in [-0.05, 0) is 19.8 Å². The third kappa shape index (κ3) is 2.61. The summed E-state index contributed by atoms with van der Waals surface area (Å²) in [7, 11) is 0. The Hall–Kier alpha value is -1.63. The van der Waals surface area contributed by atoms with Gasteiger partial charge in [-0.15, -0.1) is 0 Å². The highest BCUT2D eigenvalue weighted by atomic mass is 16.3. The second-order valence-corrected chi connectivity index (χ2v) is 5.02. The Kier molecular flexibility index (Phi) is 3.25. The molecule has 100 valence electrons. The maximum absolute atomic E-state index is 11.9. The zero-order valence-corrected chi connectivity index (χ0v) is 10.3. The average Bonchev–Trinajstić information content (AvgIpc) is 2.60. The Balaban J connectivity index is 1.89. The summed E-state index contributed by atoms with van der Waals surface area (Å²) in [6.07, 6.45) is 1.03. The summed E-state index contributed by atoms with van der Waals surface area (Å²) in [4.78, 5) is 37.1. The fourth-order valence-electron chi connectivity index (χ4n) is 2.09. The van der Waals surface area contributed by atoms with Crippen LogP contribution in [0.25, 0.3) is 0 Å². The second kappa shape index (κ2) is 4.56. The van der Waals surface area contributed by atoms with Crippen LogP contribution in [0.15, 0.2) is 0 Å². The molecule has 4 amide bonds. The highest BCUT2D eigenvalue weighted by Gasteiger charge is 2.34. The monoisotopic (exact) mass is 255 g/mol. The van der Waals surface area contributed by atoms with E-state index in [-0.39, 0.29) is 24.9 Å². The number of imide groups is 1. The smallest absolute Gasteiger partial charge is 0.325 e. The van der Waals surface area contributed by atoms with Gasteiger partial charge in [-0.1, -0.05) is 0 Å². The molecule has 2 saturated heterocycles. The topological polar surface area (TPSA) is 89.9 Å². The molecule has 0 aliphatic carbocycles. The molecule has 0 radical (unpaired) electrons. The number of carbonyl (C=O) groups is 3. The van der Waals surface area contributed by atoms with E-state index in [9.17, 15) is 19.5 Å². The number of piperidine rings is 1. The van der Waals surface area contributed by atoms with E-state index in [0.717, 1.165) is 4.90 Å². The molecule has 2 aliphatic heterocycles. The highest BCUT2D eigenvalue weighted by molar-refractivity contribution is 6.04. The van der Waals surface area contributed by atoms with Crippen LogP contribution in [-0.2, 0) is 9.59 Å². The number of nitrogens with one attached hydrogen (secondary N) is 1. The van der Waals surface area contributed by atoms with E-state index in [0.29, 0.717) is 25.9 Å². The standard InChI is InChI=1S/C11H17N3O4/c1-11(18)2-4-13(5-3-11)9(16)7-14-8(15)6-12-10(14)17/h18H,2-7H2,1H3,(H,12,17). The van der Waals surface area contributed by atoms with Crippen LogP contribution >= 0.6 is 0 Å². The van der Waals surface area contributed by atoms with E-state index in [2.05, 4.69) is 5.32 Å². The molecule has 0 unspecified atom stereocenters. The normalized spacial score (nSPS) is 23.2. The molecule has 18 heavy (non-hydrogen) atoms. The summed E-state index contributed by atoms with van der Waals surface area (Å²) in [5.41, 5.74) is -0.725. The summed E-state index contributed by atoms with van der Waals surface area (Å²) < 4.78 is 0. The van der Waals surface area contributed by atoms with Crippen LogP contribution in [-0.4, -0.2) is 64.5 Å². The van der Waals surface area contributed by atoms with Crippen LogP contribution in [0.2, 0.25) is 0 Å². The maximum atomic E-state index is 11.9. The van der Waals surface area contributed by atoms with Crippen LogP contribution in [0.5, 0.6) is 0 Å². The molecule has 0 saturated carbocycles. The minimum Gasteiger partial charge on any atom is -0.390 e. The molecule has 0 aromatic heterocycles. The van der Waals surface area contributed by atoms with E-state index in [4.69, 9.17) is 0 Å². The van der Waals surface area contributed by atoms with Crippen LogP contribution in [0, 0.1) is 0 Å². The molecule has 0 bridgehead atoms. The summed E-state index contributed by atoms with van der Waals surface area (Å²) in [5, 5.41) is 12.1. The molecular formula is C11H17N3O4. The third-order valence-corrected chi connectivity index (χ3v) is 3.42. The van der Waals surface area contributed by atoms with Crippen LogP contribution < -0.4 is 5.32 Å². The SMILES string of the molecule is CC1(O)CCN(C(=O)CN2C(=O)CNC2=O)CC1. The number of aliphatic hydroxyl groups is 1. The molecule has 2 N–H and O–H groups in total. The number of urea groups is 1. The first-order valence-electron chi connectivity index (χ1n) is 5.97. The molecular weight excluding hydrogens is 238 g/mol. The van der Waals surface area contributed by atoms with Gasteiger partial charge in [0.2, 0.25) is 5.91 Å². The number of nitrogens with zero attached hydrogens (tertiary/aromatic N) is 2. The molecule has 2 rings (SSSR count). The Bertz CT molecular complexity index is 368. The van der Waals surface area contributed by atoms with Gasteiger partial charge in [-0.25, -0.2) is 4.79 Å². The van der Waals surface area contributed by atoms with E-state index in [1.165, 1.54) is 0 Å². The van der Waals surface area contributed by atoms with Crippen molar-refractivity contribution < 1.29 is 19.5 Å². The first-order chi connectivity index (χ1) is 8.39. The van der Waals surface area contributed by atoms with Crippen molar-refractivity contribution in [3.63, 3.8) is 0 Å². The number of hydrogen-bond donors (Lipinski definition) is 2. The Morgan fingerprint density at radius 1 is 1.39 bits per heavy atom. The lowest BCUT2D eigenvalue weighted by Crippen LogP contribution is -2.49. The zero-order valence-electron chi connectivity index (χ0n) is 10.3. The molecule has 0 atom stereocenters. The minimum atomic E-state index is -0.725. The van der Waals surface area contributed by atoms with Crippen molar-refractivity contribution in [1.82, 2.24) is 15.1 Å². The van der Waals surface area contributed by atoms with E-state index in [1.54, 1.807) is 11.8 Å². The second-order valence-electron chi connectivity index (χ2n) is 5.02. The van der Waals surface area contributed by atoms with E-state index < -0.39 is 11.6 Å². The minimum absolute atomic E-state index is 0.0408. The summed E-state index contributed by atoms with van der Waals surface area (Å²) in [6, 6.07) is -0.516. The predicted octanol–water partition coefficient (Wildman–Crippen LogP) is -1.09. The quantitative estimate of drug-likeness (QED) is 0.614. The van der Waals surface area contributed by atoms with Crippen molar-refractivity contribution >= 4 is 17.8 Å². The Morgan fingerprint density at radius 2 is 2.00 bits per heavy atom. The van der Waals surface area contributed by atoms with E-state index >= 15 is 0 Å². The number of hydrogen-bond acceptors (Lipinski definition) is 4. The average molecular weight is 255 g/mol. The van der Waals surface area contributed by atoms with Gasteiger partial charge in [-0.3, -0.25) is 14.5 Å². The lowest BCUT2D eigenvalue weighted by atomic mass is 9.94. The summed E-state index contributed by atoms with van der Waals surface area (Å²) >= 11 is 0. The summed E-state index contributed by atoms with van der Waals surface area (Å²) in [5.74, 6) is -0.631. The van der Waals surface area contributed by atoms with Crippen LogP contribution in [0.1, 0.15) is 19.8 Å². The molecule has 2 heterocycles. The van der Waals surface area contributed by atoms with Gasteiger partial charge in [0, 0.05) is 13.1 Å². The van der Waals surface area contributed by atoms with Gasteiger partial charge in [0.25, 0.3) is 5.91 Å². The fraction of sp³-hybridized carbons (Fsp3) is 0.727. The fourth-order valence-corrected chi connectivity index (χ4v) is 2.09. The Labute approximate surface area is 105 Å². The van der Waals surface area contributed by atoms with Crippen molar-refractivity contribution in [2.24, 2.45) is 0 Å². The van der Waals surface area contributed by atoms with Crippen molar-refractivity contribution in [1.29, 1.82) is 0 Å². The molecule has 7 heteroatoms. The van der Waals surface area contributed by atoms with Crippen LogP contribution in [0.3, 0.4) is 0 Å². The number of likely N-dealkylation sites (tertiary alicyclic amines) is 1. The van der Waals surface area contributed by atoms with Gasteiger partial charge < -0.3 is 15.3 Å².